The number of nitro groups is 1. The second-order valence-corrected chi connectivity index (χ2v) is 5.85. The zero-order valence-electron chi connectivity index (χ0n) is 11.8. The topological polar surface area (TPSA) is 83.7 Å². The van der Waals surface area contributed by atoms with Crippen molar-refractivity contribution in [1.82, 2.24) is 4.90 Å². The summed E-state index contributed by atoms with van der Waals surface area (Å²) in [4.78, 5) is 25.6. The van der Waals surface area contributed by atoms with Gasteiger partial charge in [-0.15, -0.1) is 11.8 Å². The number of benzene rings is 1. The number of aliphatic hydroxyl groups is 1. The number of carbonyl (C=O) groups is 1. The van der Waals surface area contributed by atoms with Crippen molar-refractivity contribution in [3.63, 3.8) is 0 Å². The van der Waals surface area contributed by atoms with Crippen LogP contribution in [-0.4, -0.2) is 46.3 Å². The number of amides is 1. The maximum Gasteiger partial charge on any atom is 0.282 e. The summed E-state index contributed by atoms with van der Waals surface area (Å²) in [5.41, 5.74) is -0.0766. The third kappa shape index (κ3) is 3.36. The number of thioether (sulfide) groups is 1. The molecule has 21 heavy (non-hydrogen) atoms. The van der Waals surface area contributed by atoms with Gasteiger partial charge in [0, 0.05) is 17.5 Å². The molecule has 0 spiro atoms. The molecule has 0 aromatic heterocycles. The Balaban J connectivity index is 2.38. The van der Waals surface area contributed by atoms with E-state index in [1.807, 2.05) is 6.26 Å². The minimum absolute atomic E-state index is 0.104. The second kappa shape index (κ2) is 6.91. The van der Waals surface area contributed by atoms with Crippen LogP contribution in [0.1, 0.15) is 29.6 Å². The molecule has 0 radical (unpaired) electrons. The summed E-state index contributed by atoms with van der Waals surface area (Å²) in [6.07, 6.45) is 4.41. The molecule has 1 N–H and O–H groups in total. The van der Waals surface area contributed by atoms with Gasteiger partial charge in [-0.05, 0) is 37.7 Å². The lowest BCUT2D eigenvalue weighted by molar-refractivity contribution is -0.385. The lowest BCUT2D eigenvalue weighted by Crippen LogP contribution is -2.45. The third-order valence-corrected chi connectivity index (χ3v) is 4.45. The lowest BCUT2D eigenvalue weighted by Gasteiger charge is -2.34. The molecule has 1 amide bonds. The Labute approximate surface area is 127 Å². The molecule has 0 bridgehead atoms. The predicted molar refractivity (Wildman–Crippen MR) is 80.6 cm³/mol. The highest BCUT2D eigenvalue weighted by atomic mass is 32.2. The quantitative estimate of drug-likeness (QED) is 0.524. The predicted octanol–water partition coefficient (Wildman–Crippen LogP) is 2.30. The summed E-state index contributed by atoms with van der Waals surface area (Å²) >= 11 is 1.43. The Hall–Kier alpha value is -1.60. The Morgan fingerprint density at radius 3 is 2.90 bits per heavy atom. The van der Waals surface area contributed by atoms with Crippen LogP contribution in [0.3, 0.4) is 0 Å². The van der Waals surface area contributed by atoms with Crippen molar-refractivity contribution in [2.75, 3.05) is 19.4 Å². The zero-order chi connectivity index (χ0) is 15.4. The molecule has 1 saturated heterocycles. The van der Waals surface area contributed by atoms with E-state index in [1.165, 1.54) is 17.8 Å². The van der Waals surface area contributed by atoms with Gasteiger partial charge in [-0.1, -0.05) is 0 Å². The molecule has 1 atom stereocenters. The molecule has 1 aromatic rings. The third-order valence-electron chi connectivity index (χ3n) is 3.73. The van der Waals surface area contributed by atoms with Crippen LogP contribution in [0.25, 0.3) is 0 Å². The number of piperidine rings is 1. The first-order valence-corrected chi connectivity index (χ1v) is 8.05. The lowest BCUT2D eigenvalue weighted by atomic mass is 10.0. The number of likely N-dealkylation sites (tertiary alicyclic amines) is 1. The van der Waals surface area contributed by atoms with Gasteiger partial charge in [-0.2, -0.15) is 0 Å². The molecule has 6 nitrogen and oxygen atoms in total. The Morgan fingerprint density at radius 2 is 2.29 bits per heavy atom. The van der Waals surface area contributed by atoms with E-state index in [9.17, 15) is 20.0 Å². The highest BCUT2D eigenvalue weighted by Gasteiger charge is 2.31. The highest BCUT2D eigenvalue weighted by Crippen LogP contribution is 2.28. The number of rotatable bonds is 4. The summed E-state index contributed by atoms with van der Waals surface area (Å²) in [5, 5.41) is 20.5. The van der Waals surface area contributed by atoms with Crippen molar-refractivity contribution in [2.24, 2.45) is 0 Å². The van der Waals surface area contributed by atoms with Gasteiger partial charge in [0.1, 0.15) is 5.56 Å². The first kappa shape index (κ1) is 15.8. The minimum Gasteiger partial charge on any atom is -0.394 e. The van der Waals surface area contributed by atoms with Gasteiger partial charge in [0.05, 0.1) is 17.6 Å². The van der Waals surface area contributed by atoms with Crippen molar-refractivity contribution in [2.45, 2.75) is 30.2 Å². The average Bonchev–Trinajstić information content (AvgIpc) is 2.53. The van der Waals surface area contributed by atoms with Crippen LogP contribution in [0.4, 0.5) is 5.69 Å². The summed E-state index contributed by atoms with van der Waals surface area (Å²) in [5.74, 6) is -0.364. The van der Waals surface area contributed by atoms with Crippen molar-refractivity contribution < 1.29 is 14.8 Å². The zero-order valence-corrected chi connectivity index (χ0v) is 12.6. The number of carbonyl (C=O) groups excluding carboxylic acids is 1. The van der Waals surface area contributed by atoms with Gasteiger partial charge in [0.25, 0.3) is 11.6 Å². The molecule has 0 aliphatic carbocycles. The van der Waals surface area contributed by atoms with Gasteiger partial charge in [0.15, 0.2) is 0 Å². The normalized spacial score (nSPS) is 18.6. The number of nitrogens with zero attached hydrogens (tertiary/aromatic N) is 2. The van der Waals surface area contributed by atoms with E-state index < -0.39 is 4.92 Å². The Bertz CT molecular complexity index is 550. The molecule has 1 aromatic carbocycles. The van der Waals surface area contributed by atoms with E-state index in [1.54, 1.807) is 17.0 Å². The fraction of sp³-hybridized carbons (Fsp3) is 0.500. The summed E-state index contributed by atoms with van der Waals surface area (Å²) in [7, 11) is 0. The standard InChI is InChI=1S/C14H18N2O4S/c1-21-11-5-6-13(16(19)20)12(8-11)14(18)15-7-3-2-4-10(15)9-17/h5-6,8,10,17H,2-4,7,9H2,1H3. The van der Waals surface area contributed by atoms with Crippen LogP contribution in [0.5, 0.6) is 0 Å². The largest absolute Gasteiger partial charge is 0.394 e. The van der Waals surface area contributed by atoms with Gasteiger partial charge in [-0.3, -0.25) is 14.9 Å². The first-order valence-electron chi connectivity index (χ1n) is 6.82. The molecule has 7 heteroatoms. The molecular formula is C14H18N2O4S. The molecule has 1 aliphatic heterocycles. The van der Waals surface area contributed by atoms with Crippen LogP contribution in [0, 0.1) is 10.1 Å². The van der Waals surface area contributed by atoms with Gasteiger partial charge in [0.2, 0.25) is 0 Å². The van der Waals surface area contributed by atoms with Gasteiger partial charge >= 0.3 is 0 Å². The molecule has 1 aliphatic rings. The van der Waals surface area contributed by atoms with E-state index >= 15 is 0 Å². The number of nitro benzene ring substituents is 1. The maximum absolute atomic E-state index is 12.7. The SMILES string of the molecule is CSc1ccc([N+](=O)[O-])c(C(=O)N2CCCCC2CO)c1. The first-order chi connectivity index (χ1) is 10.1. The second-order valence-electron chi connectivity index (χ2n) is 4.97. The summed E-state index contributed by atoms with van der Waals surface area (Å²) in [6.45, 7) is 0.423. The Morgan fingerprint density at radius 1 is 1.52 bits per heavy atom. The summed E-state index contributed by atoms with van der Waals surface area (Å²) in [6, 6.07) is 4.33. The molecular weight excluding hydrogens is 292 g/mol. The monoisotopic (exact) mass is 310 g/mol. The maximum atomic E-state index is 12.7. The van der Waals surface area contributed by atoms with E-state index in [-0.39, 0.29) is 29.8 Å². The van der Waals surface area contributed by atoms with Gasteiger partial charge < -0.3 is 10.0 Å². The molecule has 1 unspecified atom stereocenters. The minimum atomic E-state index is -0.533. The molecule has 1 heterocycles. The van der Waals surface area contributed by atoms with Crippen molar-refractivity contribution >= 4 is 23.4 Å². The number of hydrogen-bond acceptors (Lipinski definition) is 5. The number of aliphatic hydroxyl groups excluding tert-OH is 1. The van der Waals surface area contributed by atoms with Crippen LogP contribution in [-0.2, 0) is 0 Å². The number of hydrogen-bond donors (Lipinski definition) is 1. The molecule has 2 rings (SSSR count). The molecule has 1 fully saturated rings. The highest BCUT2D eigenvalue weighted by molar-refractivity contribution is 7.98. The van der Waals surface area contributed by atoms with Crippen LogP contribution >= 0.6 is 11.8 Å². The fourth-order valence-electron chi connectivity index (χ4n) is 2.59. The molecule has 114 valence electrons. The van der Waals surface area contributed by atoms with Crippen LogP contribution in [0.2, 0.25) is 0 Å². The fourth-order valence-corrected chi connectivity index (χ4v) is 3.02. The van der Waals surface area contributed by atoms with E-state index in [0.717, 1.165) is 24.2 Å². The molecule has 0 saturated carbocycles. The van der Waals surface area contributed by atoms with Crippen molar-refractivity contribution in [1.29, 1.82) is 0 Å². The van der Waals surface area contributed by atoms with E-state index in [0.29, 0.717) is 6.54 Å². The van der Waals surface area contributed by atoms with Crippen molar-refractivity contribution in [3.05, 3.63) is 33.9 Å². The Kier molecular flexibility index (Phi) is 5.19. The van der Waals surface area contributed by atoms with Crippen LogP contribution < -0.4 is 0 Å². The summed E-state index contributed by atoms with van der Waals surface area (Å²) < 4.78 is 0. The van der Waals surface area contributed by atoms with Gasteiger partial charge in [-0.25, -0.2) is 0 Å². The van der Waals surface area contributed by atoms with E-state index in [2.05, 4.69) is 0 Å². The van der Waals surface area contributed by atoms with Crippen LogP contribution in [0.15, 0.2) is 23.1 Å². The average molecular weight is 310 g/mol. The van der Waals surface area contributed by atoms with Crippen molar-refractivity contribution in [3.8, 4) is 0 Å². The van der Waals surface area contributed by atoms with E-state index in [4.69, 9.17) is 0 Å². The smallest absolute Gasteiger partial charge is 0.282 e.